The quantitative estimate of drug-likeness (QED) is 0.296. The van der Waals surface area contributed by atoms with Gasteiger partial charge < -0.3 is 19.7 Å². The molecule has 2 amide bonds. The van der Waals surface area contributed by atoms with Crippen LogP contribution in [0.15, 0.2) is 65.6 Å². The number of nitrogens with zero attached hydrogens (tertiary/aromatic N) is 2. The number of nitrogens with one attached hydrogen (secondary N) is 1. The van der Waals surface area contributed by atoms with Crippen LogP contribution in [0, 0.1) is 5.82 Å². The Kier molecular flexibility index (Phi) is 10.4. The Morgan fingerprint density at radius 1 is 0.953 bits per heavy atom. The highest BCUT2D eigenvalue weighted by atomic mass is 35.5. The van der Waals surface area contributed by atoms with E-state index in [2.05, 4.69) is 5.32 Å². The fourth-order valence-corrected chi connectivity index (χ4v) is 6.08. The summed E-state index contributed by atoms with van der Waals surface area (Å²) in [6.07, 6.45) is 0.672. The van der Waals surface area contributed by atoms with Gasteiger partial charge in [0.05, 0.1) is 20.6 Å². The molecule has 1 aliphatic heterocycles. The summed E-state index contributed by atoms with van der Waals surface area (Å²) in [5.41, 5.74) is 0.629. The Labute approximate surface area is 260 Å². The molecule has 0 bridgehead atoms. The van der Waals surface area contributed by atoms with Crippen LogP contribution in [0.25, 0.3) is 0 Å². The Morgan fingerprint density at radius 2 is 1.63 bits per heavy atom. The fraction of sp³-hybridized carbons (Fsp3) is 0.333. The van der Waals surface area contributed by atoms with Gasteiger partial charge in [0.25, 0.3) is 10.0 Å². The van der Waals surface area contributed by atoms with Crippen LogP contribution in [0.1, 0.15) is 32.8 Å². The number of benzene rings is 3. The molecule has 3 aromatic carbocycles. The molecule has 13 heteroatoms. The average Bonchev–Trinajstić information content (AvgIpc) is 3.00. The van der Waals surface area contributed by atoms with Crippen LogP contribution in [-0.2, 0) is 26.2 Å². The Hall–Kier alpha value is -3.54. The largest absolute Gasteiger partial charge is 0.486 e. The number of hydrogen-bond donors (Lipinski definition) is 1. The van der Waals surface area contributed by atoms with E-state index in [4.69, 9.17) is 32.7 Å². The van der Waals surface area contributed by atoms with Gasteiger partial charge >= 0.3 is 0 Å². The van der Waals surface area contributed by atoms with Gasteiger partial charge in [0, 0.05) is 18.7 Å². The van der Waals surface area contributed by atoms with Crippen LogP contribution in [0.2, 0.25) is 10.0 Å². The van der Waals surface area contributed by atoms with Crippen molar-refractivity contribution in [3.63, 3.8) is 0 Å². The second-order valence-corrected chi connectivity index (χ2v) is 12.7. The van der Waals surface area contributed by atoms with Crippen LogP contribution in [0.3, 0.4) is 0 Å². The summed E-state index contributed by atoms with van der Waals surface area (Å²) in [4.78, 5) is 28.3. The van der Waals surface area contributed by atoms with Gasteiger partial charge in [-0.3, -0.25) is 13.9 Å². The topological polar surface area (TPSA) is 105 Å². The van der Waals surface area contributed by atoms with E-state index in [1.165, 1.54) is 35.2 Å². The SMILES string of the molecule is CC[C@H](C)NC(=O)[C@H](C)N(Cc1ccc(Cl)c(Cl)c1)C(=O)CN(c1ccc(F)cc1)S(=O)(=O)c1ccc2c(c1)OCCO2. The first kappa shape index (κ1) is 32.4. The van der Waals surface area contributed by atoms with E-state index >= 15 is 0 Å². The van der Waals surface area contributed by atoms with Crippen molar-refractivity contribution in [2.24, 2.45) is 0 Å². The van der Waals surface area contributed by atoms with Crippen molar-refractivity contribution >= 4 is 50.7 Å². The van der Waals surface area contributed by atoms with Crippen LogP contribution in [-0.4, -0.2) is 57.0 Å². The van der Waals surface area contributed by atoms with Gasteiger partial charge in [-0.25, -0.2) is 12.8 Å². The molecule has 4 rings (SSSR count). The summed E-state index contributed by atoms with van der Waals surface area (Å²) in [7, 11) is -4.39. The highest BCUT2D eigenvalue weighted by Crippen LogP contribution is 2.34. The molecule has 1 N–H and O–H groups in total. The van der Waals surface area contributed by atoms with Crippen molar-refractivity contribution in [2.45, 2.75) is 50.7 Å². The number of anilines is 1. The molecule has 0 aromatic heterocycles. The lowest BCUT2D eigenvalue weighted by Crippen LogP contribution is -2.52. The number of carbonyl (C=O) groups excluding carboxylic acids is 2. The van der Waals surface area contributed by atoms with E-state index in [1.807, 2.05) is 13.8 Å². The van der Waals surface area contributed by atoms with Crippen LogP contribution >= 0.6 is 23.2 Å². The highest BCUT2D eigenvalue weighted by molar-refractivity contribution is 7.92. The first-order valence-corrected chi connectivity index (χ1v) is 15.8. The van der Waals surface area contributed by atoms with Gasteiger partial charge in [-0.2, -0.15) is 0 Å². The van der Waals surface area contributed by atoms with E-state index in [0.717, 1.165) is 16.4 Å². The lowest BCUT2D eigenvalue weighted by molar-refractivity contribution is -0.139. The van der Waals surface area contributed by atoms with Gasteiger partial charge in [0.2, 0.25) is 11.8 Å². The molecular formula is C30H32Cl2FN3O6S. The summed E-state index contributed by atoms with van der Waals surface area (Å²) in [5.74, 6) is -1.03. The monoisotopic (exact) mass is 651 g/mol. The lowest BCUT2D eigenvalue weighted by atomic mass is 10.1. The molecule has 0 fully saturated rings. The predicted octanol–water partition coefficient (Wildman–Crippen LogP) is 5.43. The smallest absolute Gasteiger partial charge is 0.264 e. The lowest BCUT2D eigenvalue weighted by Gasteiger charge is -2.32. The van der Waals surface area contributed by atoms with Crippen LogP contribution in [0.4, 0.5) is 10.1 Å². The van der Waals surface area contributed by atoms with Crippen LogP contribution < -0.4 is 19.1 Å². The molecule has 0 spiro atoms. The molecule has 1 aliphatic rings. The summed E-state index contributed by atoms with van der Waals surface area (Å²) in [5, 5.41) is 3.45. The third-order valence-corrected chi connectivity index (χ3v) is 9.51. The number of carbonyl (C=O) groups is 2. The fourth-order valence-electron chi connectivity index (χ4n) is 4.33. The molecule has 43 heavy (non-hydrogen) atoms. The normalized spacial score (nSPS) is 14.0. The minimum absolute atomic E-state index is 0.0517. The van der Waals surface area contributed by atoms with E-state index < -0.39 is 40.2 Å². The maximum Gasteiger partial charge on any atom is 0.264 e. The maximum absolute atomic E-state index is 14.0. The third kappa shape index (κ3) is 7.70. The molecule has 0 saturated heterocycles. The summed E-state index contributed by atoms with van der Waals surface area (Å²) in [6.45, 7) is 5.13. The molecular weight excluding hydrogens is 620 g/mol. The molecule has 0 unspecified atom stereocenters. The zero-order valence-electron chi connectivity index (χ0n) is 23.8. The minimum Gasteiger partial charge on any atom is -0.486 e. The number of ether oxygens (including phenoxy) is 2. The van der Waals surface area contributed by atoms with Crippen molar-refractivity contribution in [1.82, 2.24) is 10.2 Å². The van der Waals surface area contributed by atoms with E-state index in [-0.39, 0.29) is 40.5 Å². The Balaban J connectivity index is 1.72. The minimum atomic E-state index is -4.39. The van der Waals surface area contributed by atoms with Crippen LogP contribution in [0.5, 0.6) is 11.5 Å². The zero-order valence-corrected chi connectivity index (χ0v) is 26.2. The molecule has 3 aromatic rings. The van der Waals surface area contributed by atoms with Gasteiger partial charge in [-0.1, -0.05) is 36.2 Å². The zero-order chi connectivity index (χ0) is 31.3. The van der Waals surface area contributed by atoms with E-state index in [1.54, 1.807) is 25.1 Å². The summed E-state index contributed by atoms with van der Waals surface area (Å²) >= 11 is 12.3. The Bertz CT molecular complexity index is 1590. The first-order valence-electron chi connectivity index (χ1n) is 13.6. The summed E-state index contributed by atoms with van der Waals surface area (Å²) < 4.78 is 53.9. The molecule has 2 atom stereocenters. The molecule has 230 valence electrons. The third-order valence-electron chi connectivity index (χ3n) is 7.00. The second kappa shape index (κ2) is 13.8. The second-order valence-electron chi connectivity index (χ2n) is 10.1. The number of amides is 2. The number of fused-ring (bicyclic) bond motifs is 1. The Morgan fingerprint density at radius 3 is 2.28 bits per heavy atom. The highest BCUT2D eigenvalue weighted by Gasteiger charge is 2.33. The number of hydrogen-bond acceptors (Lipinski definition) is 6. The average molecular weight is 653 g/mol. The summed E-state index contributed by atoms with van der Waals surface area (Å²) in [6, 6.07) is 12.5. The van der Waals surface area contributed by atoms with Crippen molar-refractivity contribution in [3.05, 3.63) is 82.1 Å². The van der Waals surface area contributed by atoms with Crippen molar-refractivity contribution in [2.75, 3.05) is 24.1 Å². The van der Waals surface area contributed by atoms with Gasteiger partial charge in [-0.15, -0.1) is 0 Å². The number of rotatable bonds is 11. The number of sulfonamides is 1. The molecule has 9 nitrogen and oxygen atoms in total. The molecule has 0 saturated carbocycles. The van der Waals surface area contributed by atoms with E-state index in [0.29, 0.717) is 29.4 Å². The van der Waals surface area contributed by atoms with Crippen molar-refractivity contribution < 1.29 is 31.9 Å². The number of halogens is 3. The van der Waals surface area contributed by atoms with Gasteiger partial charge in [-0.05, 0) is 74.4 Å². The standard InChI is InChI=1S/C30H32Cl2FN3O6S/c1-4-19(2)34-30(38)20(3)35(17-21-5-11-25(31)26(32)15-21)29(37)18-36(23-8-6-22(33)7-9-23)43(39,40)24-10-12-27-28(16-24)42-14-13-41-27/h5-12,15-16,19-20H,4,13-14,17-18H2,1-3H3,(H,34,38)/t19-,20-/m0/s1. The molecule has 0 radical (unpaired) electrons. The van der Waals surface area contributed by atoms with Crippen molar-refractivity contribution in [3.8, 4) is 11.5 Å². The maximum atomic E-state index is 14.0. The van der Waals surface area contributed by atoms with E-state index in [9.17, 15) is 22.4 Å². The van der Waals surface area contributed by atoms with Crippen molar-refractivity contribution in [1.29, 1.82) is 0 Å². The molecule has 0 aliphatic carbocycles. The van der Waals surface area contributed by atoms with Gasteiger partial charge in [0.1, 0.15) is 31.6 Å². The predicted molar refractivity (Wildman–Crippen MR) is 163 cm³/mol. The molecule has 1 heterocycles. The first-order chi connectivity index (χ1) is 20.4. The van der Waals surface area contributed by atoms with Gasteiger partial charge in [0.15, 0.2) is 11.5 Å².